The van der Waals surface area contributed by atoms with E-state index in [1.54, 1.807) is 32.0 Å². The van der Waals surface area contributed by atoms with E-state index in [0.29, 0.717) is 24.4 Å². The molecule has 2 amide bonds. The number of sulfonamides is 1. The first-order valence-corrected chi connectivity index (χ1v) is 11.7. The molecule has 2 rings (SSSR count). The maximum atomic E-state index is 12.5. The van der Waals surface area contributed by atoms with Crippen molar-refractivity contribution in [2.24, 2.45) is 0 Å². The zero-order valence-electron chi connectivity index (χ0n) is 18.7. The van der Waals surface area contributed by atoms with Crippen molar-refractivity contribution in [3.8, 4) is 5.75 Å². The quantitative estimate of drug-likeness (QED) is 0.443. The maximum Gasteiger partial charge on any atom is 0.276 e. The minimum absolute atomic E-state index is 0.193. The summed E-state index contributed by atoms with van der Waals surface area (Å²) < 4.78 is 31.8. The van der Waals surface area contributed by atoms with Crippen LogP contribution in [0.25, 0.3) is 6.08 Å². The summed E-state index contributed by atoms with van der Waals surface area (Å²) in [5, 5.41) is 0. The largest absolute Gasteiger partial charge is 0.484 e. The van der Waals surface area contributed by atoms with Crippen molar-refractivity contribution >= 4 is 27.9 Å². The Kier molecular flexibility index (Phi) is 8.98. The lowest BCUT2D eigenvalue weighted by atomic mass is 10.1. The van der Waals surface area contributed by atoms with E-state index in [-0.39, 0.29) is 11.5 Å². The Morgan fingerprint density at radius 3 is 2.22 bits per heavy atom. The molecule has 0 aromatic heterocycles. The Bertz CT molecular complexity index is 1080. The van der Waals surface area contributed by atoms with E-state index >= 15 is 0 Å². The molecule has 0 unspecified atom stereocenters. The average Bonchev–Trinajstić information content (AvgIpc) is 2.78. The number of hydrogen-bond donors (Lipinski definition) is 2. The van der Waals surface area contributed by atoms with E-state index in [2.05, 4.69) is 10.9 Å². The summed E-state index contributed by atoms with van der Waals surface area (Å²) in [4.78, 5) is 24.0. The highest BCUT2D eigenvalue weighted by Crippen LogP contribution is 2.17. The minimum Gasteiger partial charge on any atom is -0.484 e. The van der Waals surface area contributed by atoms with Gasteiger partial charge in [0.25, 0.3) is 11.8 Å². The number of carbonyl (C=O) groups is 2. The van der Waals surface area contributed by atoms with Gasteiger partial charge in [-0.1, -0.05) is 32.0 Å². The summed E-state index contributed by atoms with van der Waals surface area (Å²) in [7, 11) is -3.53. The lowest BCUT2D eigenvalue weighted by Gasteiger charge is -2.18. The molecule has 2 N–H and O–H groups in total. The van der Waals surface area contributed by atoms with Crippen molar-refractivity contribution in [2.75, 3.05) is 19.7 Å². The zero-order chi connectivity index (χ0) is 23.7. The van der Waals surface area contributed by atoms with Gasteiger partial charge in [-0.25, -0.2) is 8.42 Å². The fourth-order valence-electron chi connectivity index (χ4n) is 2.80. The van der Waals surface area contributed by atoms with Gasteiger partial charge in [0.2, 0.25) is 10.0 Å². The Hall–Kier alpha value is -3.17. The van der Waals surface area contributed by atoms with Crippen molar-refractivity contribution in [1.29, 1.82) is 0 Å². The van der Waals surface area contributed by atoms with Crippen molar-refractivity contribution in [2.45, 2.75) is 32.6 Å². The van der Waals surface area contributed by atoms with Gasteiger partial charge in [0.15, 0.2) is 6.61 Å². The summed E-state index contributed by atoms with van der Waals surface area (Å²) in [6, 6.07) is 11.7. The molecule has 0 aliphatic carbocycles. The standard InChI is InChI=1S/C23H29N3O5S/c1-5-26(6-2)32(29,30)21-12-8-19(9-13-21)10-14-22(27)24-25-23(28)16-31-20-11-7-17(3)18(4)15-20/h7-15H,5-6,16H2,1-4H3,(H,24,27)(H,25,28)/b14-10+. The fraction of sp³-hybridized carbons (Fsp3) is 0.304. The molecule has 32 heavy (non-hydrogen) atoms. The molecule has 2 aromatic carbocycles. The molecule has 0 saturated carbocycles. The molecule has 0 atom stereocenters. The molecular weight excluding hydrogens is 430 g/mol. The van der Waals surface area contributed by atoms with Crippen molar-refractivity contribution in [3.05, 3.63) is 65.2 Å². The molecule has 0 aliphatic heterocycles. The normalized spacial score (nSPS) is 11.5. The first-order valence-electron chi connectivity index (χ1n) is 10.2. The maximum absolute atomic E-state index is 12.5. The number of aryl methyl sites for hydroxylation is 2. The summed E-state index contributed by atoms with van der Waals surface area (Å²) >= 11 is 0. The van der Waals surface area contributed by atoms with Gasteiger partial charge in [-0.15, -0.1) is 0 Å². The van der Waals surface area contributed by atoms with Crippen LogP contribution < -0.4 is 15.6 Å². The molecule has 0 heterocycles. The van der Waals surface area contributed by atoms with E-state index < -0.39 is 21.8 Å². The van der Waals surface area contributed by atoms with Gasteiger partial charge in [0.1, 0.15) is 5.75 Å². The number of hydrogen-bond acceptors (Lipinski definition) is 5. The van der Waals surface area contributed by atoms with E-state index in [1.807, 2.05) is 26.0 Å². The molecule has 0 saturated heterocycles. The van der Waals surface area contributed by atoms with Gasteiger partial charge in [-0.05, 0) is 60.9 Å². The van der Waals surface area contributed by atoms with Crippen LogP contribution in [-0.4, -0.2) is 44.2 Å². The Morgan fingerprint density at radius 1 is 0.969 bits per heavy atom. The smallest absolute Gasteiger partial charge is 0.276 e. The molecule has 172 valence electrons. The highest BCUT2D eigenvalue weighted by molar-refractivity contribution is 7.89. The van der Waals surface area contributed by atoms with E-state index in [4.69, 9.17) is 4.74 Å². The number of rotatable bonds is 9. The van der Waals surface area contributed by atoms with E-state index in [0.717, 1.165) is 11.1 Å². The summed E-state index contributed by atoms with van der Waals surface area (Å²) in [5.41, 5.74) is 7.36. The van der Waals surface area contributed by atoms with E-state index in [9.17, 15) is 18.0 Å². The van der Waals surface area contributed by atoms with Crippen LogP contribution in [0.15, 0.2) is 53.4 Å². The number of nitrogens with one attached hydrogen (secondary N) is 2. The molecule has 0 radical (unpaired) electrons. The lowest BCUT2D eigenvalue weighted by Crippen LogP contribution is -2.43. The van der Waals surface area contributed by atoms with Crippen LogP contribution in [0.2, 0.25) is 0 Å². The molecule has 0 bridgehead atoms. The van der Waals surface area contributed by atoms with Gasteiger partial charge < -0.3 is 4.74 Å². The van der Waals surface area contributed by atoms with Gasteiger partial charge in [0.05, 0.1) is 4.90 Å². The van der Waals surface area contributed by atoms with Crippen LogP contribution in [0.3, 0.4) is 0 Å². The molecular formula is C23H29N3O5S. The third kappa shape index (κ3) is 6.93. The average molecular weight is 460 g/mol. The summed E-state index contributed by atoms with van der Waals surface area (Å²) in [5.74, 6) is -0.471. The molecule has 2 aromatic rings. The first kappa shape index (κ1) is 25.1. The van der Waals surface area contributed by atoms with Crippen LogP contribution >= 0.6 is 0 Å². The second kappa shape index (κ2) is 11.4. The molecule has 0 fully saturated rings. The second-order valence-corrected chi connectivity index (χ2v) is 9.00. The molecule has 0 spiro atoms. The zero-order valence-corrected chi connectivity index (χ0v) is 19.5. The number of carbonyl (C=O) groups excluding carboxylic acids is 2. The summed E-state index contributed by atoms with van der Waals surface area (Å²) in [6.07, 6.45) is 2.75. The molecule has 0 aliphatic rings. The predicted octanol–water partition coefficient (Wildman–Crippen LogP) is 2.57. The van der Waals surface area contributed by atoms with Gasteiger partial charge in [-0.3, -0.25) is 20.4 Å². The number of benzene rings is 2. The Morgan fingerprint density at radius 2 is 1.62 bits per heavy atom. The number of nitrogens with zero attached hydrogens (tertiary/aromatic N) is 1. The fourth-order valence-corrected chi connectivity index (χ4v) is 4.26. The third-order valence-electron chi connectivity index (χ3n) is 4.82. The van der Waals surface area contributed by atoms with Gasteiger partial charge >= 0.3 is 0 Å². The topological polar surface area (TPSA) is 105 Å². The van der Waals surface area contributed by atoms with Crippen molar-refractivity contribution in [3.63, 3.8) is 0 Å². The minimum atomic E-state index is -3.53. The molecule has 9 heteroatoms. The SMILES string of the molecule is CCN(CC)S(=O)(=O)c1ccc(/C=C/C(=O)NNC(=O)COc2ccc(C)c(C)c2)cc1. The highest BCUT2D eigenvalue weighted by atomic mass is 32.2. The number of amides is 2. The monoisotopic (exact) mass is 459 g/mol. The van der Waals surface area contributed by atoms with Crippen LogP contribution in [-0.2, 0) is 19.6 Å². The predicted molar refractivity (Wildman–Crippen MR) is 123 cm³/mol. The number of ether oxygens (including phenoxy) is 1. The Labute approximate surface area is 189 Å². The lowest BCUT2D eigenvalue weighted by molar-refractivity contribution is -0.128. The second-order valence-electron chi connectivity index (χ2n) is 7.06. The highest BCUT2D eigenvalue weighted by Gasteiger charge is 2.20. The third-order valence-corrected chi connectivity index (χ3v) is 6.89. The van der Waals surface area contributed by atoms with Crippen LogP contribution in [0, 0.1) is 13.8 Å². The van der Waals surface area contributed by atoms with Gasteiger partial charge in [-0.2, -0.15) is 4.31 Å². The van der Waals surface area contributed by atoms with Crippen LogP contribution in [0.1, 0.15) is 30.5 Å². The Balaban J connectivity index is 1.84. The van der Waals surface area contributed by atoms with Crippen molar-refractivity contribution in [1.82, 2.24) is 15.2 Å². The summed E-state index contributed by atoms with van der Waals surface area (Å²) in [6.45, 7) is 8.04. The first-order chi connectivity index (χ1) is 15.2. The van der Waals surface area contributed by atoms with E-state index in [1.165, 1.54) is 28.6 Å². The number of hydrazine groups is 1. The van der Waals surface area contributed by atoms with Crippen molar-refractivity contribution < 1.29 is 22.7 Å². The van der Waals surface area contributed by atoms with Crippen LogP contribution in [0.5, 0.6) is 5.75 Å². The van der Waals surface area contributed by atoms with Crippen LogP contribution in [0.4, 0.5) is 0 Å². The molecule has 8 nitrogen and oxygen atoms in total. The van der Waals surface area contributed by atoms with Gasteiger partial charge in [0, 0.05) is 19.2 Å².